The van der Waals surface area contributed by atoms with Gasteiger partial charge in [-0.15, -0.1) is 11.3 Å². The lowest BCUT2D eigenvalue weighted by atomic mass is 10.3. The van der Waals surface area contributed by atoms with Gasteiger partial charge in [0.25, 0.3) is 0 Å². The molecule has 0 atom stereocenters. The first-order chi connectivity index (χ1) is 10.7. The fourth-order valence-electron chi connectivity index (χ4n) is 2.17. The minimum absolute atomic E-state index is 0.00244. The molecule has 1 aromatic heterocycles. The number of urea groups is 1. The van der Waals surface area contributed by atoms with Crippen LogP contribution in [0.15, 0.2) is 47.8 Å². The molecule has 0 saturated carbocycles. The van der Waals surface area contributed by atoms with E-state index in [9.17, 15) is 4.79 Å². The zero-order valence-corrected chi connectivity index (χ0v) is 14.0. The maximum atomic E-state index is 12.2. The Labute approximate surface area is 136 Å². The number of anilines is 1. The SMILES string of the molecule is CCN(Cc1cccs1)C(=O)NCCN(C)c1ccccc1. The number of amides is 2. The van der Waals surface area contributed by atoms with Crippen LogP contribution in [0.2, 0.25) is 0 Å². The number of carbonyl (C=O) groups excluding carboxylic acids is 1. The maximum absolute atomic E-state index is 12.2. The average Bonchev–Trinajstić information content (AvgIpc) is 3.06. The van der Waals surface area contributed by atoms with Crippen molar-refractivity contribution in [3.05, 3.63) is 52.7 Å². The van der Waals surface area contributed by atoms with Gasteiger partial charge in [-0.05, 0) is 30.5 Å². The highest BCUT2D eigenvalue weighted by Crippen LogP contribution is 2.12. The zero-order valence-electron chi connectivity index (χ0n) is 13.2. The second-order valence-corrected chi connectivity index (χ2v) is 6.11. The second-order valence-electron chi connectivity index (χ2n) is 5.08. The molecule has 118 valence electrons. The van der Waals surface area contributed by atoms with Crippen LogP contribution < -0.4 is 10.2 Å². The number of benzene rings is 1. The van der Waals surface area contributed by atoms with E-state index in [-0.39, 0.29) is 6.03 Å². The van der Waals surface area contributed by atoms with Crippen LogP contribution in [-0.4, -0.2) is 37.6 Å². The van der Waals surface area contributed by atoms with E-state index in [1.807, 2.05) is 48.5 Å². The third-order valence-corrected chi connectivity index (χ3v) is 4.38. The normalized spacial score (nSPS) is 10.3. The van der Waals surface area contributed by atoms with Gasteiger partial charge in [0.15, 0.2) is 0 Å². The first-order valence-corrected chi connectivity index (χ1v) is 8.40. The molecule has 4 nitrogen and oxygen atoms in total. The first kappa shape index (κ1) is 16.4. The lowest BCUT2D eigenvalue weighted by Gasteiger charge is -2.23. The third kappa shape index (κ3) is 4.77. The molecule has 0 radical (unpaired) electrons. The van der Waals surface area contributed by atoms with Crippen LogP contribution in [0.25, 0.3) is 0 Å². The number of carbonyl (C=O) groups is 1. The summed E-state index contributed by atoms with van der Waals surface area (Å²) in [5, 5.41) is 5.03. The van der Waals surface area contributed by atoms with Gasteiger partial charge in [0.2, 0.25) is 0 Å². The van der Waals surface area contributed by atoms with Gasteiger partial charge < -0.3 is 15.1 Å². The fraction of sp³-hybridized carbons (Fsp3) is 0.353. The Morgan fingerprint density at radius 1 is 1.18 bits per heavy atom. The fourth-order valence-corrected chi connectivity index (χ4v) is 2.89. The van der Waals surface area contributed by atoms with E-state index in [4.69, 9.17) is 0 Å². The molecule has 5 heteroatoms. The van der Waals surface area contributed by atoms with Crippen molar-refractivity contribution in [2.45, 2.75) is 13.5 Å². The number of thiophene rings is 1. The highest BCUT2D eigenvalue weighted by molar-refractivity contribution is 7.09. The van der Waals surface area contributed by atoms with E-state index in [1.165, 1.54) is 4.88 Å². The molecule has 0 bridgehead atoms. The molecule has 0 fully saturated rings. The molecule has 22 heavy (non-hydrogen) atoms. The lowest BCUT2D eigenvalue weighted by molar-refractivity contribution is 0.199. The smallest absolute Gasteiger partial charge is 0.317 e. The quantitative estimate of drug-likeness (QED) is 0.849. The second kappa shape index (κ2) is 8.44. The van der Waals surface area contributed by atoms with E-state index in [0.29, 0.717) is 19.6 Å². The number of para-hydroxylation sites is 1. The van der Waals surface area contributed by atoms with Crippen LogP contribution in [-0.2, 0) is 6.54 Å². The molecular formula is C17H23N3OS. The number of hydrogen-bond acceptors (Lipinski definition) is 3. The summed E-state index contributed by atoms with van der Waals surface area (Å²) >= 11 is 1.68. The standard InChI is InChI=1S/C17H23N3OS/c1-3-20(14-16-10-7-13-22-16)17(21)18-11-12-19(2)15-8-5-4-6-9-15/h4-10,13H,3,11-12,14H2,1-2H3,(H,18,21). The molecule has 0 spiro atoms. The van der Waals surface area contributed by atoms with Gasteiger partial charge in [0, 0.05) is 37.2 Å². The topological polar surface area (TPSA) is 35.6 Å². The molecule has 1 N–H and O–H groups in total. The Morgan fingerprint density at radius 2 is 1.95 bits per heavy atom. The van der Waals surface area contributed by atoms with Crippen molar-refractivity contribution in [1.29, 1.82) is 0 Å². The average molecular weight is 317 g/mol. The summed E-state index contributed by atoms with van der Waals surface area (Å²) in [6.07, 6.45) is 0. The van der Waals surface area contributed by atoms with E-state index < -0.39 is 0 Å². The predicted octanol–water partition coefficient (Wildman–Crippen LogP) is 3.42. The van der Waals surface area contributed by atoms with Gasteiger partial charge in [-0.1, -0.05) is 24.3 Å². The Balaban J connectivity index is 1.76. The van der Waals surface area contributed by atoms with Crippen LogP contribution >= 0.6 is 11.3 Å². The van der Waals surface area contributed by atoms with Crippen molar-refractivity contribution in [2.75, 3.05) is 31.6 Å². The van der Waals surface area contributed by atoms with Crippen LogP contribution in [0.3, 0.4) is 0 Å². The van der Waals surface area contributed by atoms with Crippen molar-refractivity contribution < 1.29 is 4.79 Å². The van der Waals surface area contributed by atoms with Gasteiger partial charge in [-0.25, -0.2) is 4.79 Å². The first-order valence-electron chi connectivity index (χ1n) is 7.52. The van der Waals surface area contributed by atoms with Crippen LogP contribution in [0.1, 0.15) is 11.8 Å². The monoisotopic (exact) mass is 317 g/mol. The molecular weight excluding hydrogens is 294 g/mol. The molecule has 0 unspecified atom stereocenters. The predicted molar refractivity (Wildman–Crippen MR) is 93.5 cm³/mol. The van der Waals surface area contributed by atoms with Gasteiger partial charge in [0.1, 0.15) is 0 Å². The Hall–Kier alpha value is -2.01. The van der Waals surface area contributed by atoms with E-state index in [0.717, 1.165) is 12.2 Å². The molecule has 1 heterocycles. The molecule has 0 aliphatic rings. The summed E-state index contributed by atoms with van der Waals surface area (Å²) in [6.45, 7) is 4.80. The van der Waals surface area contributed by atoms with Gasteiger partial charge in [-0.2, -0.15) is 0 Å². The van der Waals surface area contributed by atoms with Crippen LogP contribution in [0, 0.1) is 0 Å². The Bertz CT molecular complexity index is 557. The maximum Gasteiger partial charge on any atom is 0.317 e. The van der Waals surface area contributed by atoms with Crippen LogP contribution in [0.4, 0.5) is 10.5 Å². The van der Waals surface area contributed by atoms with Crippen molar-refractivity contribution >= 4 is 23.1 Å². The third-order valence-electron chi connectivity index (χ3n) is 3.52. The molecule has 2 rings (SSSR count). The van der Waals surface area contributed by atoms with Gasteiger partial charge >= 0.3 is 6.03 Å². The number of nitrogens with one attached hydrogen (secondary N) is 1. The summed E-state index contributed by atoms with van der Waals surface area (Å²) < 4.78 is 0. The molecule has 1 aromatic carbocycles. The van der Waals surface area contributed by atoms with E-state index in [2.05, 4.69) is 28.4 Å². The summed E-state index contributed by atoms with van der Waals surface area (Å²) in [4.78, 5) is 17.4. The summed E-state index contributed by atoms with van der Waals surface area (Å²) in [6, 6.07) is 14.2. The van der Waals surface area contributed by atoms with E-state index in [1.54, 1.807) is 11.3 Å². The van der Waals surface area contributed by atoms with Crippen molar-refractivity contribution in [3.8, 4) is 0 Å². The highest BCUT2D eigenvalue weighted by atomic mass is 32.1. The Morgan fingerprint density at radius 3 is 2.59 bits per heavy atom. The van der Waals surface area contributed by atoms with Crippen molar-refractivity contribution in [2.24, 2.45) is 0 Å². The highest BCUT2D eigenvalue weighted by Gasteiger charge is 2.12. The minimum Gasteiger partial charge on any atom is -0.373 e. The molecule has 0 aliphatic carbocycles. The molecule has 0 saturated heterocycles. The molecule has 2 aromatic rings. The largest absolute Gasteiger partial charge is 0.373 e. The van der Waals surface area contributed by atoms with Crippen molar-refractivity contribution in [1.82, 2.24) is 10.2 Å². The summed E-state index contributed by atoms with van der Waals surface area (Å²) in [5.41, 5.74) is 1.16. The summed E-state index contributed by atoms with van der Waals surface area (Å²) in [5.74, 6) is 0. The van der Waals surface area contributed by atoms with Crippen molar-refractivity contribution in [3.63, 3.8) is 0 Å². The van der Waals surface area contributed by atoms with Gasteiger partial charge in [0.05, 0.1) is 6.54 Å². The number of likely N-dealkylation sites (N-methyl/N-ethyl adjacent to an activating group) is 1. The summed E-state index contributed by atoms with van der Waals surface area (Å²) in [7, 11) is 2.03. The van der Waals surface area contributed by atoms with Gasteiger partial charge in [-0.3, -0.25) is 0 Å². The minimum atomic E-state index is -0.00244. The Kier molecular flexibility index (Phi) is 6.27. The zero-order chi connectivity index (χ0) is 15.8. The number of rotatable bonds is 7. The molecule has 2 amide bonds. The van der Waals surface area contributed by atoms with E-state index >= 15 is 0 Å². The number of hydrogen-bond donors (Lipinski definition) is 1. The number of nitrogens with zero attached hydrogens (tertiary/aromatic N) is 2. The molecule has 0 aliphatic heterocycles. The van der Waals surface area contributed by atoms with Crippen LogP contribution in [0.5, 0.6) is 0 Å². The lowest BCUT2D eigenvalue weighted by Crippen LogP contribution is -2.42.